The van der Waals surface area contributed by atoms with Crippen molar-refractivity contribution in [3.8, 4) is 0 Å². The molecule has 0 aliphatic heterocycles. The smallest absolute Gasteiger partial charge is 0.0818 e. The molecule has 1 heteroatoms. The van der Waals surface area contributed by atoms with Gasteiger partial charge in [-0.3, -0.25) is 0 Å². The van der Waals surface area contributed by atoms with E-state index in [-0.39, 0.29) is 6.10 Å². The molecule has 1 saturated carbocycles. The van der Waals surface area contributed by atoms with Gasteiger partial charge in [-0.05, 0) is 54.2 Å². The molecular formula is C16H24O. The first kappa shape index (κ1) is 12.6. The van der Waals surface area contributed by atoms with Gasteiger partial charge in [-0.2, -0.15) is 0 Å². The minimum Gasteiger partial charge on any atom is -0.388 e. The molecule has 0 spiro atoms. The van der Waals surface area contributed by atoms with Gasteiger partial charge >= 0.3 is 0 Å². The number of aliphatic hydroxyl groups excluding tert-OH is 1. The van der Waals surface area contributed by atoms with Crippen LogP contribution in [-0.2, 0) is 12.8 Å². The maximum atomic E-state index is 10.4. The molecule has 17 heavy (non-hydrogen) atoms. The lowest BCUT2D eigenvalue weighted by atomic mass is 9.90. The topological polar surface area (TPSA) is 20.2 Å². The summed E-state index contributed by atoms with van der Waals surface area (Å²) in [7, 11) is 0. The molecule has 0 radical (unpaired) electrons. The molecule has 94 valence electrons. The van der Waals surface area contributed by atoms with Gasteiger partial charge in [-0.25, -0.2) is 0 Å². The Morgan fingerprint density at radius 3 is 2.35 bits per heavy atom. The van der Waals surface area contributed by atoms with Crippen LogP contribution < -0.4 is 0 Å². The van der Waals surface area contributed by atoms with E-state index in [1.165, 1.54) is 24.0 Å². The van der Waals surface area contributed by atoms with Gasteiger partial charge < -0.3 is 5.11 Å². The molecule has 1 N–H and O–H groups in total. The van der Waals surface area contributed by atoms with Crippen LogP contribution in [-0.4, -0.2) is 5.11 Å². The molecule has 1 aromatic rings. The predicted octanol–water partition coefficient (Wildman–Crippen LogP) is 3.89. The van der Waals surface area contributed by atoms with Gasteiger partial charge in [0.25, 0.3) is 0 Å². The first-order valence-electron chi connectivity index (χ1n) is 6.97. The van der Waals surface area contributed by atoms with E-state index in [1.54, 1.807) is 0 Å². The molecule has 0 aromatic heterocycles. The van der Waals surface area contributed by atoms with E-state index < -0.39 is 0 Å². The zero-order valence-electron chi connectivity index (χ0n) is 11.2. The monoisotopic (exact) mass is 232 g/mol. The van der Waals surface area contributed by atoms with E-state index in [0.717, 1.165) is 24.3 Å². The number of rotatable bonds is 5. The third-order valence-corrected chi connectivity index (χ3v) is 4.20. The van der Waals surface area contributed by atoms with Crippen LogP contribution in [0.15, 0.2) is 18.2 Å². The van der Waals surface area contributed by atoms with Crippen LogP contribution in [0, 0.1) is 11.8 Å². The summed E-state index contributed by atoms with van der Waals surface area (Å²) in [5, 5.41) is 10.4. The standard InChI is InChI=1S/C16H24O/c1-4-12-6-9-15(10-13(12)5-2)16(17)11(3)14-7-8-14/h6,9-11,14,16-17H,4-5,7-8H2,1-3H3. The maximum Gasteiger partial charge on any atom is 0.0818 e. The fraction of sp³-hybridized carbons (Fsp3) is 0.625. The summed E-state index contributed by atoms with van der Waals surface area (Å²) in [4.78, 5) is 0. The second kappa shape index (κ2) is 5.22. The van der Waals surface area contributed by atoms with Crippen molar-refractivity contribution < 1.29 is 5.11 Å². The van der Waals surface area contributed by atoms with Crippen molar-refractivity contribution in [3.63, 3.8) is 0 Å². The Morgan fingerprint density at radius 2 is 1.82 bits per heavy atom. The lowest BCUT2D eigenvalue weighted by Crippen LogP contribution is -2.11. The molecule has 1 aliphatic carbocycles. The van der Waals surface area contributed by atoms with Gasteiger partial charge in [-0.15, -0.1) is 0 Å². The molecular weight excluding hydrogens is 208 g/mol. The van der Waals surface area contributed by atoms with Crippen LogP contribution in [0.2, 0.25) is 0 Å². The maximum absolute atomic E-state index is 10.4. The third-order valence-electron chi connectivity index (χ3n) is 4.20. The SMILES string of the molecule is CCc1ccc(C(O)C(C)C2CC2)cc1CC. The van der Waals surface area contributed by atoms with Crippen molar-refractivity contribution in [2.45, 2.75) is 52.6 Å². The minimum absolute atomic E-state index is 0.279. The van der Waals surface area contributed by atoms with Crippen LogP contribution in [0.25, 0.3) is 0 Å². The van der Waals surface area contributed by atoms with Crippen LogP contribution in [0.5, 0.6) is 0 Å². The van der Waals surface area contributed by atoms with Gasteiger partial charge in [0.1, 0.15) is 0 Å². The third kappa shape index (κ3) is 2.71. The first-order chi connectivity index (χ1) is 8.17. The van der Waals surface area contributed by atoms with E-state index in [9.17, 15) is 5.11 Å². The van der Waals surface area contributed by atoms with E-state index in [0.29, 0.717) is 5.92 Å². The van der Waals surface area contributed by atoms with Crippen LogP contribution in [0.3, 0.4) is 0 Å². The lowest BCUT2D eigenvalue weighted by Gasteiger charge is -2.20. The van der Waals surface area contributed by atoms with Gasteiger partial charge in [0.2, 0.25) is 0 Å². The van der Waals surface area contributed by atoms with Gasteiger partial charge in [-0.1, -0.05) is 39.0 Å². The van der Waals surface area contributed by atoms with E-state index in [4.69, 9.17) is 0 Å². The van der Waals surface area contributed by atoms with Crippen molar-refractivity contribution in [2.24, 2.45) is 11.8 Å². The number of benzene rings is 1. The Bertz CT molecular complexity index is 379. The second-order valence-electron chi connectivity index (χ2n) is 5.38. The highest BCUT2D eigenvalue weighted by molar-refractivity contribution is 5.33. The zero-order valence-corrected chi connectivity index (χ0v) is 11.2. The van der Waals surface area contributed by atoms with E-state index in [2.05, 4.69) is 39.0 Å². The fourth-order valence-electron chi connectivity index (χ4n) is 2.69. The van der Waals surface area contributed by atoms with Crippen molar-refractivity contribution in [3.05, 3.63) is 34.9 Å². The average molecular weight is 232 g/mol. The molecule has 2 atom stereocenters. The quantitative estimate of drug-likeness (QED) is 0.816. The second-order valence-corrected chi connectivity index (χ2v) is 5.38. The molecule has 1 aliphatic rings. The van der Waals surface area contributed by atoms with Crippen molar-refractivity contribution >= 4 is 0 Å². The number of aryl methyl sites for hydroxylation is 2. The summed E-state index contributed by atoms with van der Waals surface area (Å²) in [5.74, 6) is 1.16. The molecule has 1 aromatic carbocycles. The Balaban J connectivity index is 2.19. The molecule has 2 rings (SSSR count). The molecule has 0 bridgehead atoms. The summed E-state index contributed by atoms with van der Waals surface area (Å²) in [6, 6.07) is 6.51. The molecule has 1 fully saturated rings. The van der Waals surface area contributed by atoms with E-state index >= 15 is 0 Å². The highest BCUT2D eigenvalue weighted by Gasteiger charge is 2.33. The normalized spacial score (nSPS) is 19.1. The predicted molar refractivity (Wildman–Crippen MR) is 72.0 cm³/mol. The summed E-state index contributed by atoms with van der Waals surface area (Å²) in [6.45, 7) is 6.56. The lowest BCUT2D eigenvalue weighted by molar-refractivity contribution is 0.106. The summed E-state index contributed by atoms with van der Waals surface area (Å²) in [6.07, 6.45) is 4.45. The van der Waals surface area contributed by atoms with Crippen molar-refractivity contribution in [1.82, 2.24) is 0 Å². The zero-order chi connectivity index (χ0) is 12.4. The molecule has 0 saturated heterocycles. The average Bonchev–Trinajstić information content (AvgIpc) is 3.20. The van der Waals surface area contributed by atoms with Crippen LogP contribution in [0.4, 0.5) is 0 Å². The Labute approximate surface area is 105 Å². The molecule has 2 unspecified atom stereocenters. The van der Waals surface area contributed by atoms with E-state index in [1.807, 2.05) is 0 Å². The summed E-state index contributed by atoms with van der Waals surface area (Å²) in [5.41, 5.74) is 3.92. The number of hydrogen-bond donors (Lipinski definition) is 1. The molecule has 0 heterocycles. The number of hydrogen-bond acceptors (Lipinski definition) is 1. The van der Waals surface area contributed by atoms with Crippen LogP contribution >= 0.6 is 0 Å². The van der Waals surface area contributed by atoms with Crippen LogP contribution in [0.1, 0.15) is 56.4 Å². The molecule has 0 amide bonds. The van der Waals surface area contributed by atoms with Gasteiger partial charge in [0.15, 0.2) is 0 Å². The largest absolute Gasteiger partial charge is 0.388 e. The van der Waals surface area contributed by atoms with Gasteiger partial charge in [0, 0.05) is 0 Å². The minimum atomic E-state index is -0.279. The summed E-state index contributed by atoms with van der Waals surface area (Å²) < 4.78 is 0. The highest BCUT2D eigenvalue weighted by Crippen LogP contribution is 2.42. The Kier molecular flexibility index (Phi) is 3.88. The molecule has 1 nitrogen and oxygen atoms in total. The number of aliphatic hydroxyl groups is 1. The fourth-order valence-corrected chi connectivity index (χ4v) is 2.69. The van der Waals surface area contributed by atoms with Crippen molar-refractivity contribution in [2.75, 3.05) is 0 Å². The summed E-state index contributed by atoms with van der Waals surface area (Å²) >= 11 is 0. The van der Waals surface area contributed by atoms with Gasteiger partial charge in [0.05, 0.1) is 6.10 Å². The highest BCUT2D eigenvalue weighted by atomic mass is 16.3. The van der Waals surface area contributed by atoms with Crippen molar-refractivity contribution in [1.29, 1.82) is 0 Å². The first-order valence-corrected chi connectivity index (χ1v) is 6.97. The Morgan fingerprint density at radius 1 is 1.18 bits per heavy atom. The Hall–Kier alpha value is -0.820.